The molecule has 1 heterocycles. The molecule has 4 unspecified atom stereocenters. The molecule has 1 fully saturated rings. The second-order valence-electron chi connectivity index (χ2n) is 7.01. The normalized spacial score (nSPS) is 21.4. The first-order valence-corrected chi connectivity index (χ1v) is 10.1. The minimum Gasteiger partial charge on any atom is -0.460 e. The molecule has 1 aliphatic rings. The van der Waals surface area contributed by atoms with Crippen molar-refractivity contribution < 1.29 is 52.7 Å². The Morgan fingerprint density at radius 1 is 1.03 bits per heavy atom. The smallest absolute Gasteiger partial charge is 0.363 e. The van der Waals surface area contributed by atoms with Crippen molar-refractivity contribution in [3.63, 3.8) is 0 Å². The number of carbonyl (C=O) groups excluding carboxylic acids is 4. The summed E-state index contributed by atoms with van der Waals surface area (Å²) in [5.41, 5.74) is 0.214. The number of aliphatic hydroxyl groups is 1. The van der Waals surface area contributed by atoms with Crippen LogP contribution in [0.25, 0.3) is 0 Å². The second-order valence-corrected chi connectivity index (χ2v) is 7.01. The molecule has 0 aromatic carbocycles. The van der Waals surface area contributed by atoms with Crippen LogP contribution >= 0.6 is 0 Å². The molecule has 0 amide bonds. The Bertz CT molecular complexity index is 700. The van der Waals surface area contributed by atoms with Crippen LogP contribution in [0.4, 0.5) is 0 Å². The summed E-state index contributed by atoms with van der Waals surface area (Å²) in [6.07, 6.45) is 0.275. The van der Waals surface area contributed by atoms with Crippen molar-refractivity contribution in [2.45, 2.75) is 58.2 Å². The molecular formula is C21H30O11. The lowest BCUT2D eigenvalue weighted by atomic mass is 10.1. The highest BCUT2D eigenvalue weighted by Crippen LogP contribution is 2.21. The van der Waals surface area contributed by atoms with E-state index in [9.17, 15) is 24.3 Å². The molecule has 1 N–H and O–H groups in total. The third kappa shape index (κ3) is 11.0. The van der Waals surface area contributed by atoms with Crippen molar-refractivity contribution in [1.82, 2.24) is 0 Å². The number of carbonyl (C=O) groups is 4. The summed E-state index contributed by atoms with van der Waals surface area (Å²) in [4.78, 5) is 46.2. The van der Waals surface area contributed by atoms with Crippen LogP contribution in [-0.4, -0.2) is 80.0 Å². The topological polar surface area (TPSA) is 144 Å². The Labute approximate surface area is 186 Å². The van der Waals surface area contributed by atoms with Gasteiger partial charge in [-0.05, 0) is 26.7 Å². The summed E-state index contributed by atoms with van der Waals surface area (Å²) in [6.45, 7) is 7.36. The molecular weight excluding hydrogens is 428 g/mol. The number of hydrogen-bond donors (Lipinski definition) is 1. The zero-order valence-corrected chi connectivity index (χ0v) is 18.4. The largest absolute Gasteiger partial charge is 0.460 e. The summed E-state index contributed by atoms with van der Waals surface area (Å²) in [5.74, 6) is -3.16. The molecule has 0 aromatic heterocycles. The van der Waals surface area contributed by atoms with E-state index in [1.807, 2.05) is 13.8 Å². The molecule has 0 saturated carbocycles. The monoisotopic (exact) mass is 458 g/mol. The molecule has 11 nitrogen and oxygen atoms in total. The van der Waals surface area contributed by atoms with Gasteiger partial charge in [-0.25, -0.2) is 19.2 Å². The van der Waals surface area contributed by atoms with Gasteiger partial charge in [0.05, 0.1) is 12.2 Å². The SMILES string of the molecule is C=C(C)C(=O)OCCOC(=O)C=CC(=O)OCC(O)COC(=O)C1OC(C)CC(CC)O1. The fourth-order valence-electron chi connectivity index (χ4n) is 2.38. The third-order valence-corrected chi connectivity index (χ3v) is 4.02. The van der Waals surface area contributed by atoms with Gasteiger partial charge in [0.2, 0.25) is 0 Å². The van der Waals surface area contributed by atoms with Gasteiger partial charge in [-0.1, -0.05) is 13.5 Å². The highest BCUT2D eigenvalue weighted by molar-refractivity contribution is 5.91. The van der Waals surface area contributed by atoms with E-state index >= 15 is 0 Å². The maximum atomic E-state index is 12.0. The highest BCUT2D eigenvalue weighted by atomic mass is 16.7. The number of hydrogen-bond acceptors (Lipinski definition) is 11. The van der Waals surface area contributed by atoms with Gasteiger partial charge in [-0.2, -0.15) is 0 Å². The lowest BCUT2D eigenvalue weighted by molar-refractivity contribution is -0.248. The second kappa shape index (κ2) is 14.3. The zero-order valence-electron chi connectivity index (χ0n) is 18.4. The fraction of sp³-hybridized carbons (Fsp3) is 0.619. The Morgan fingerprint density at radius 3 is 2.25 bits per heavy atom. The van der Waals surface area contributed by atoms with Crippen molar-refractivity contribution in [3.05, 3.63) is 24.3 Å². The average Bonchev–Trinajstić information content (AvgIpc) is 2.76. The number of ether oxygens (including phenoxy) is 6. The van der Waals surface area contributed by atoms with Gasteiger partial charge in [0.25, 0.3) is 6.29 Å². The van der Waals surface area contributed by atoms with E-state index in [2.05, 4.69) is 6.58 Å². The van der Waals surface area contributed by atoms with Gasteiger partial charge < -0.3 is 33.5 Å². The third-order valence-electron chi connectivity index (χ3n) is 4.02. The molecule has 0 spiro atoms. The molecule has 0 bridgehead atoms. The van der Waals surface area contributed by atoms with Crippen LogP contribution < -0.4 is 0 Å². The summed E-state index contributed by atoms with van der Waals surface area (Å²) < 4.78 is 30.0. The number of aliphatic hydroxyl groups excluding tert-OH is 1. The summed E-state index contributed by atoms with van der Waals surface area (Å²) in [6, 6.07) is 0. The van der Waals surface area contributed by atoms with Crippen molar-refractivity contribution in [2.75, 3.05) is 26.4 Å². The Balaban J connectivity index is 2.22. The van der Waals surface area contributed by atoms with Crippen molar-refractivity contribution in [1.29, 1.82) is 0 Å². The van der Waals surface area contributed by atoms with Crippen LogP contribution in [0.1, 0.15) is 33.6 Å². The molecule has 180 valence electrons. The first-order chi connectivity index (χ1) is 15.1. The number of rotatable bonds is 12. The summed E-state index contributed by atoms with van der Waals surface area (Å²) in [7, 11) is 0. The standard InChI is InChI=1S/C21H30O11/c1-5-16-10-14(4)31-21(32-16)20(26)30-12-15(22)11-29-18(24)7-6-17(23)27-8-9-28-19(25)13(2)3/h6-7,14-16,21-22H,2,5,8-12H2,1,3-4H3. The molecule has 32 heavy (non-hydrogen) atoms. The maximum absolute atomic E-state index is 12.0. The van der Waals surface area contributed by atoms with Gasteiger partial charge >= 0.3 is 23.9 Å². The minimum absolute atomic E-state index is 0.119. The fourth-order valence-corrected chi connectivity index (χ4v) is 2.38. The first-order valence-electron chi connectivity index (χ1n) is 10.1. The minimum atomic E-state index is -1.28. The van der Waals surface area contributed by atoms with Crippen LogP contribution in [0.15, 0.2) is 24.3 Å². The lowest BCUT2D eigenvalue weighted by Gasteiger charge is -2.32. The van der Waals surface area contributed by atoms with Crippen LogP contribution in [0.5, 0.6) is 0 Å². The van der Waals surface area contributed by atoms with E-state index < -0.39 is 49.5 Å². The molecule has 0 aliphatic carbocycles. The van der Waals surface area contributed by atoms with Crippen LogP contribution in [0.3, 0.4) is 0 Å². The first kappa shape index (κ1) is 27.3. The maximum Gasteiger partial charge on any atom is 0.363 e. The molecule has 11 heteroatoms. The lowest BCUT2D eigenvalue weighted by Crippen LogP contribution is -2.42. The van der Waals surface area contributed by atoms with Crippen molar-refractivity contribution >= 4 is 23.9 Å². The van der Waals surface area contributed by atoms with Gasteiger partial charge in [0.15, 0.2) is 0 Å². The molecule has 1 saturated heterocycles. The zero-order chi connectivity index (χ0) is 24.1. The van der Waals surface area contributed by atoms with E-state index in [1.165, 1.54) is 6.92 Å². The van der Waals surface area contributed by atoms with E-state index in [1.54, 1.807) is 0 Å². The Morgan fingerprint density at radius 2 is 1.62 bits per heavy atom. The van der Waals surface area contributed by atoms with Crippen LogP contribution in [0.2, 0.25) is 0 Å². The number of esters is 4. The molecule has 0 radical (unpaired) electrons. The molecule has 1 rings (SSSR count). The molecule has 4 atom stereocenters. The van der Waals surface area contributed by atoms with E-state index in [0.717, 1.165) is 18.6 Å². The molecule has 0 aromatic rings. The van der Waals surface area contributed by atoms with E-state index in [-0.39, 0.29) is 31.0 Å². The van der Waals surface area contributed by atoms with Gasteiger partial charge in [-0.3, -0.25) is 0 Å². The van der Waals surface area contributed by atoms with Crippen LogP contribution in [0, 0.1) is 0 Å². The quantitative estimate of drug-likeness (QED) is 0.190. The van der Waals surface area contributed by atoms with E-state index in [0.29, 0.717) is 6.42 Å². The van der Waals surface area contributed by atoms with E-state index in [4.69, 9.17) is 28.4 Å². The van der Waals surface area contributed by atoms with Gasteiger partial charge in [0.1, 0.15) is 32.5 Å². The van der Waals surface area contributed by atoms with Gasteiger partial charge in [-0.15, -0.1) is 0 Å². The van der Waals surface area contributed by atoms with Crippen molar-refractivity contribution in [2.24, 2.45) is 0 Å². The van der Waals surface area contributed by atoms with Crippen LogP contribution in [-0.2, 0) is 47.6 Å². The predicted octanol–water partition coefficient (Wildman–Crippen LogP) is 0.583. The Kier molecular flexibility index (Phi) is 12.2. The summed E-state index contributed by atoms with van der Waals surface area (Å²) in [5, 5.41) is 9.80. The average molecular weight is 458 g/mol. The predicted molar refractivity (Wildman–Crippen MR) is 108 cm³/mol. The molecule has 1 aliphatic heterocycles. The Hall–Kier alpha value is -2.76. The van der Waals surface area contributed by atoms with Gasteiger partial charge in [0, 0.05) is 17.7 Å². The highest BCUT2D eigenvalue weighted by Gasteiger charge is 2.33. The summed E-state index contributed by atoms with van der Waals surface area (Å²) >= 11 is 0. The van der Waals surface area contributed by atoms with Crippen molar-refractivity contribution in [3.8, 4) is 0 Å².